The van der Waals surface area contributed by atoms with E-state index in [1.165, 1.54) is 12.1 Å². The van der Waals surface area contributed by atoms with Crippen LogP contribution in [0.4, 0.5) is 27.5 Å². The van der Waals surface area contributed by atoms with Crippen molar-refractivity contribution in [2.24, 2.45) is 7.05 Å². The number of piperazine rings is 1. The molecule has 5 rings (SSSR count). The fourth-order valence-electron chi connectivity index (χ4n) is 3.96. The molecule has 0 aliphatic carbocycles. The molecule has 0 amide bonds. The molecule has 0 atom stereocenters. The van der Waals surface area contributed by atoms with E-state index >= 15 is 0 Å². The van der Waals surface area contributed by atoms with E-state index in [0.717, 1.165) is 54.3 Å². The maximum absolute atomic E-state index is 13.3. The number of para-hydroxylation sites is 2. The summed E-state index contributed by atoms with van der Waals surface area (Å²) >= 11 is 0. The molecule has 0 radical (unpaired) electrons. The first kappa shape index (κ1) is 20.0. The van der Waals surface area contributed by atoms with Crippen molar-refractivity contribution in [2.45, 2.75) is 0 Å². The van der Waals surface area contributed by atoms with Gasteiger partial charge in [-0.3, -0.25) is 4.68 Å². The highest BCUT2D eigenvalue weighted by molar-refractivity contribution is 5.89. The molecule has 3 heterocycles. The molecular formula is C23H24FN7O. The number of fused-ring (bicyclic) bond motifs is 1. The van der Waals surface area contributed by atoms with Crippen LogP contribution in [0.5, 0.6) is 5.75 Å². The third-order valence-electron chi connectivity index (χ3n) is 5.68. The van der Waals surface area contributed by atoms with Crippen molar-refractivity contribution >= 4 is 34.2 Å². The number of nitrogens with one attached hydrogen (secondary N) is 1. The standard InChI is InChI=1S/C23H24FN7O/c1-29-22-18(15-25-29)21(26-17-9-7-16(24)8-10-17)27-23(28-22)31-13-11-30(12-14-31)19-5-3-4-6-20(19)32-2/h3-10,15H,11-14H2,1-2H3,(H,26,27,28). The Labute approximate surface area is 185 Å². The topological polar surface area (TPSA) is 71.3 Å². The van der Waals surface area contributed by atoms with Crippen LogP contribution in [0.1, 0.15) is 0 Å². The molecule has 1 aliphatic rings. The Morgan fingerprint density at radius 3 is 2.41 bits per heavy atom. The molecule has 1 saturated heterocycles. The molecule has 8 nitrogen and oxygen atoms in total. The number of hydrogen-bond acceptors (Lipinski definition) is 7. The number of halogens is 1. The third-order valence-corrected chi connectivity index (χ3v) is 5.68. The van der Waals surface area contributed by atoms with Crippen LogP contribution in [0.15, 0.2) is 54.7 Å². The number of benzene rings is 2. The van der Waals surface area contributed by atoms with Crippen LogP contribution >= 0.6 is 0 Å². The number of ether oxygens (including phenoxy) is 1. The second-order valence-electron chi connectivity index (χ2n) is 7.66. The molecule has 1 fully saturated rings. The fourth-order valence-corrected chi connectivity index (χ4v) is 3.96. The van der Waals surface area contributed by atoms with E-state index in [0.29, 0.717) is 11.8 Å². The van der Waals surface area contributed by atoms with Crippen LogP contribution < -0.4 is 19.9 Å². The van der Waals surface area contributed by atoms with Crippen molar-refractivity contribution < 1.29 is 9.13 Å². The highest BCUT2D eigenvalue weighted by Crippen LogP contribution is 2.30. The van der Waals surface area contributed by atoms with Gasteiger partial charge in [0.1, 0.15) is 17.4 Å². The smallest absolute Gasteiger partial charge is 0.229 e. The highest BCUT2D eigenvalue weighted by atomic mass is 19.1. The number of aromatic nitrogens is 4. The van der Waals surface area contributed by atoms with Crippen LogP contribution in [0.2, 0.25) is 0 Å². The number of aryl methyl sites for hydroxylation is 1. The highest BCUT2D eigenvalue weighted by Gasteiger charge is 2.23. The lowest BCUT2D eigenvalue weighted by atomic mass is 10.2. The summed E-state index contributed by atoms with van der Waals surface area (Å²) in [5.74, 6) is 1.89. The molecular weight excluding hydrogens is 409 g/mol. The molecule has 0 saturated carbocycles. The number of anilines is 4. The van der Waals surface area contributed by atoms with Gasteiger partial charge < -0.3 is 19.9 Å². The van der Waals surface area contributed by atoms with Gasteiger partial charge >= 0.3 is 0 Å². The first-order valence-corrected chi connectivity index (χ1v) is 10.5. The summed E-state index contributed by atoms with van der Waals surface area (Å²) in [6, 6.07) is 14.3. The largest absolute Gasteiger partial charge is 0.495 e. The zero-order valence-electron chi connectivity index (χ0n) is 18.0. The first-order valence-electron chi connectivity index (χ1n) is 10.5. The molecule has 2 aromatic carbocycles. The average Bonchev–Trinajstić information content (AvgIpc) is 3.21. The van der Waals surface area contributed by atoms with E-state index in [2.05, 4.69) is 26.3 Å². The van der Waals surface area contributed by atoms with Gasteiger partial charge in [-0.1, -0.05) is 12.1 Å². The maximum atomic E-state index is 13.3. The zero-order valence-corrected chi connectivity index (χ0v) is 18.0. The zero-order chi connectivity index (χ0) is 22.1. The monoisotopic (exact) mass is 433 g/mol. The Bertz CT molecular complexity index is 1230. The second kappa shape index (κ2) is 8.33. The molecule has 0 unspecified atom stereocenters. The van der Waals surface area contributed by atoms with Crippen LogP contribution in [0.25, 0.3) is 11.0 Å². The fraction of sp³-hybridized carbons (Fsp3) is 0.261. The lowest BCUT2D eigenvalue weighted by molar-refractivity contribution is 0.413. The first-order chi connectivity index (χ1) is 15.6. The molecule has 0 bridgehead atoms. The minimum Gasteiger partial charge on any atom is -0.495 e. The molecule has 9 heteroatoms. The van der Waals surface area contributed by atoms with Crippen molar-refractivity contribution in [3.05, 3.63) is 60.5 Å². The van der Waals surface area contributed by atoms with Crippen molar-refractivity contribution in [3.63, 3.8) is 0 Å². The number of rotatable bonds is 5. The van der Waals surface area contributed by atoms with E-state index in [1.807, 2.05) is 25.2 Å². The second-order valence-corrected chi connectivity index (χ2v) is 7.66. The molecule has 1 aliphatic heterocycles. The Balaban J connectivity index is 1.41. The Hall–Kier alpha value is -3.88. The summed E-state index contributed by atoms with van der Waals surface area (Å²) in [5, 5.41) is 8.45. The summed E-state index contributed by atoms with van der Waals surface area (Å²) in [5.41, 5.74) is 2.59. The average molecular weight is 433 g/mol. The molecule has 164 valence electrons. The van der Waals surface area contributed by atoms with Gasteiger partial charge in [-0.25, -0.2) is 4.39 Å². The number of methoxy groups -OCH3 is 1. The van der Waals surface area contributed by atoms with Gasteiger partial charge in [-0.05, 0) is 36.4 Å². The lowest BCUT2D eigenvalue weighted by Gasteiger charge is -2.36. The quantitative estimate of drug-likeness (QED) is 0.516. The van der Waals surface area contributed by atoms with Crippen molar-refractivity contribution in [2.75, 3.05) is 48.4 Å². The normalized spacial score (nSPS) is 14.1. The molecule has 2 aromatic heterocycles. The maximum Gasteiger partial charge on any atom is 0.229 e. The van der Waals surface area contributed by atoms with E-state index in [4.69, 9.17) is 14.7 Å². The SMILES string of the molecule is COc1ccccc1N1CCN(c2nc(Nc3ccc(F)cc3)c3cnn(C)c3n2)CC1. The lowest BCUT2D eigenvalue weighted by Crippen LogP contribution is -2.47. The van der Waals surface area contributed by atoms with Crippen molar-refractivity contribution in [1.82, 2.24) is 19.7 Å². The van der Waals surface area contributed by atoms with E-state index in [1.54, 1.807) is 30.1 Å². The van der Waals surface area contributed by atoms with Crippen LogP contribution in [-0.2, 0) is 7.05 Å². The number of nitrogens with zero attached hydrogens (tertiary/aromatic N) is 6. The van der Waals surface area contributed by atoms with Gasteiger partial charge in [0.2, 0.25) is 5.95 Å². The summed E-state index contributed by atoms with van der Waals surface area (Å²) in [4.78, 5) is 14.1. The van der Waals surface area contributed by atoms with Gasteiger partial charge in [0, 0.05) is 38.9 Å². The van der Waals surface area contributed by atoms with Gasteiger partial charge in [0.15, 0.2) is 5.65 Å². The van der Waals surface area contributed by atoms with Crippen LogP contribution in [0, 0.1) is 5.82 Å². The summed E-state index contributed by atoms with van der Waals surface area (Å²) in [6.07, 6.45) is 1.74. The molecule has 1 N–H and O–H groups in total. The van der Waals surface area contributed by atoms with E-state index in [9.17, 15) is 4.39 Å². The van der Waals surface area contributed by atoms with Gasteiger partial charge in [-0.15, -0.1) is 0 Å². The van der Waals surface area contributed by atoms with Gasteiger partial charge in [0.25, 0.3) is 0 Å². The molecule has 4 aromatic rings. The Kier molecular flexibility index (Phi) is 5.22. The van der Waals surface area contributed by atoms with Gasteiger partial charge in [-0.2, -0.15) is 15.1 Å². The van der Waals surface area contributed by atoms with Crippen LogP contribution in [-0.4, -0.2) is 53.0 Å². The predicted octanol–water partition coefficient (Wildman–Crippen LogP) is 3.58. The Morgan fingerprint density at radius 1 is 0.938 bits per heavy atom. The summed E-state index contributed by atoms with van der Waals surface area (Å²) in [7, 11) is 3.56. The van der Waals surface area contributed by atoms with Gasteiger partial charge in [0.05, 0.1) is 24.4 Å². The van der Waals surface area contributed by atoms with Crippen molar-refractivity contribution in [1.29, 1.82) is 0 Å². The van der Waals surface area contributed by atoms with E-state index < -0.39 is 0 Å². The van der Waals surface area contributed by atoms with Crippen molar-refractivity contribution in [3.8, 4) is 5.75 Å². The van der Waals surface area contributed by atoms with E-state index in [-0.39, 0.29) is 5.82 Å². The Morgan fingerprint density at radius 2 is 1.66 bits per heavy atom. The number of hydrogen-bond donors (Lipinski definition) is 1. The predicted molar refractivity (Wildman–Crippen MR) is 123 cm³/mol. The third kappa shape index (κ3) is 3.77. The van der Waals surface area contributed by atoms with Crippen LogP contribution in [0.3, 0.4) is 0 Å². The summed E-state index contributed by atoms with van der Waals surface area (Å²) < 4.78 is 20.6. The molecule has 0 spiro atoms. The minimum atomic E-state index is -0.279. The molecule has 32 heavy (non-hydrogen) atoms. The summed E-state index contributed by atoms with van der Waals surface area (Å²) in [6.45, 7) is 3.20. The minimum absolute atomic E-state index is 0.279.